The molecule has 0 bridgehead atoms. The molecule has 2 aliphatic rings. The lowest BCUT2D eigenvalue weighted by molar-refractivity contribution is -0.143. The summed E-state index contributed by atoms with van der Waals surface area (Å²) in [5.74, 6) is 1.44. The number of halogens is 1. The first-order valence-electron chi connectivity index (χ1n) is 6.10. The topological polar surface area (TPSA) is 30.5 Å². The smallest absolute Gasteiger partial charge is 0.204 e. The Balaban J connectivity index is 1.73. The van der Waals surface area contributed by atoms with Crippen LogP contribution < -0.4 is 10.1 Å². The van der Waals surface area contributed by atoms with Crippen LogP contribution in [0.5, 0.6) is 5.75 Å². The number of hydrogen-bond acceptors (Lipinski definition) is 3. The van der Waals surface area contributed by atoms with Crippen molar-refractivity contribution in [2.75, 3.05) is 13.1 Å². The van der Waals surface area contributed by atoms with Crippen molar-refractivity contribution in [1.82, 2.24) is 5.32 Å². The fourth-order valence-electron chi connectivity index (χ4n) is 2.45. The van der Waals surface area contributed by atoms with Crippen LogP contribution in [0.3, 0.4) is 0 Å². The second-order valence-corrected chi connectivity index (χ2v) is 5.57. The van der Waals surface area contributed by atoms with Gasteiger partial charge in [0.1, 0.15) is 5.75 Å². The molecule has 2 heterocycles. The van der Waals surface area contributed by atoms with Gasteiger partial charge in [-0.1, -0.05) is 15.9 Å². The summed E-state index contributed by atoms with van der Waals surface area (Å²) < 4.78 is 12.8. The van der Waals surface area contributed by atoms with E-state index in [0.717, 1.165) is 28.9 Å². The summed E-state index contributed by atoms with van der Waals surface area (Å²) in [6.45, 7) is 2.76. The molecule has 1 aromatic carbocycles. The van der Waals surface area contributed by atoms with Crippen molar-refractivity contribution in [1.29, 1.82) is 0 Å². The zero-order chi connectivity index (χ0) is 11.7. The van der Waals surface area contributed by atoms with Crippen LogP contribution in [0.25, 0.3) is 0 Å². The van der Waals surface area contributed by atoms with Crippen molar-refractivity contribution in [3.63, 3.8) is 0 Å². The SMILES string of the molecule is Brc1ccc2c(c1)COC(C1CCCNC1)O2. The Labute approximate surface area is 110 Å². The van der Waals surface area contributed by atoms with Gasteiger partial charge in [-0.05, 0) is 37.6 Å². The molecule has 1 saturated heterocycles. The second-order valence-electron chi connectivity index (χ2n) is 4.66. The maximum atomic E-state index is 5.94. The summed E-state index contributed by atoms with van der Waals surface area (Å²) in [5.41, 5.74) is 1.12. The average molecular weight is 298 g/mol. The van der Waals surface area contributed by atoms with Crippen LogP contribution >= 0.6 is 15.9 Å². The molecule has 0 amide bonds. The van der Waals surface area contributed by atoms with Crippen LogP contribution in [0.15, 0.2) is 22.7 Å². The highest BCUT2D eigenvalue weighted by molar-refractivity contribution is 9.10. The fraction of sp³-hybridized carbons (Fsp3) is 0.538. The Morgan fingerprint density at radius 2 is 2.29 bits per heavy atom. The second kappa shape index (κ2) is 4.96. The van der Waals surface area contributed by atoms with E-state index in [1.165, 1.54) is 12.8 Å². The molecule has 2 unspecified atom stereocenters. The van der Waals surface area contributed by atoms with Crippen LogP contribution in [-0.4, -0.2) is 19.4 Å². The molecule has 92 valence electrons. The van der Waals surface area contributed by atoms with E-state index >= 15 is 0 Å². The van der Waals surface area contributed by atoms with Crippen molar-refractivity contribution >= 4 is 15.9 Å². The van der Waals surface area contributed by atoms with E-state index in [-0.39, 0.29) is 6.29 Å². The lowest BCUT2D eigenvalue weighted by Gasteiger charge is -2.34. The largest absolute Gasteiger partial charge is 0.464 e. The first kappa shape index (κ1) is 11.5. The molecular formula is C13H16BrNO2. The molecule has 2 atom stereocenters. The zero-order valence-electron chi connectivity index (χ0n) is 9.62. The molecule has 0 spiro atoms. The predicted molar refractivity (Wildman–Crippen MR) is 68.9 cm³/mol. The maximum Gasteiger partial charge on any atom is 0.204 e. The van der Waals surface area contributed by atoms with E-state index in [2.05, 4.69) is 27.3 Å². The summed E-state index contributed by atoms with van der Waals surface area (Å²) in [5, 5.41) is 3.40. The molecule has 1 aromatic rings. The van der Waals surface area contributed by atoms with Gasteiger partial charge in [-0.2, -0.15) is 0 Å². The van der Waals surface area contributed by atoms with Gasteiger partial charge in [0.2, 0.25) is 6.29 Å². The van der Waals surface area contributed by atoms with Gasteiger partial charge in [-0.15, -0.1) is 0 Å². The van der Waals surface area contributed by atoms with Crippen LogP contribution in [0, 0.1) is 5.92 Å². The Kier molecular flexibility index (Phi) is 3.36. The minimum Gasteiger partial charge on any atom is -0.464 e. The molecule has 0 radical (unpaired) electrons. The number of fused-ring (bicyclic) bond motifs is 1. The molecule has 0 aliphatic carbocycles. The van der Waals surface area contributed by atoms with Crippen molar-refractivity contribution < 1.29 is 9.47 Å². The highest BCUT2D eigenvalue weighted by Gasteiger charge is 2.29. The number of nitrogens with one attached hydrogen (secondary N) is 1. The van der Waals surface area contributed by atoms with Crippen molar-refractivity contribution in [2.24, 2.45) is 5.92 Å². The average Bonchev–Trinajstić information content (AvgIpc) is 2.39. The standard InChI is InChI=1S/C13H16BrNO2/c14-11-3-4-12-10(6-11)8-16-13(17-12)9-2-1-5-15-7-9/h3-4,6,9,13,15H,1-2,5,7-8H2. The van der Waals surface area contributed by atoms with Crippen LogP contribution in [0.1, 0.15) is 18.4 Å². The number of piperidine rings is 1. The van der Waals surface area contributed by atoms with Gasteiger partial charge in [0.15, 0.2) is 0 Å². The van der Waals surface area contributed by atoms with Gasteiger partial charge < -0.3 is 14.8 Å². The summed E-state index contributed by atoms with van der Waals surface area (Å²) in [6, 6.07) is 6.09. The predicted octanol–water partition coefficient (Wildman–Crippen LogP) is 2.68. The minimum absolute atomic E-state index is 0.0866. The van der Waals surface area contributed by atoms with Gasteiger partial charge >= 0.3 is 0 Å². The molecule has 1 fully saturated rings. The summed E-state index contributed by atoms with van der Waals surface area (Å²) in [4.78, 5) is 0. The molecule has 1 N–H and O–H groups in total. The van der Waals surface area contributed by atoms with Gasteiger partial charge in [0.05, 0.1) is 6.61 Å². The third-order valence-electron chi connectivity index (χ3n) is 3.39. The molecule has 0 saturated carbocycles. The first-order valence-corrected chi connectivity index (χ1v) is 6.89. The summed E-state index contributed by atoms with van der Waals surface area (Å²) in [7, 11) is 0. The Hall–Kier alpha value is -0.580. The highest BCUT2D eigenvalue weighted by Crippen LogP contribution is 2.32. The first-order chi connectivity index (χ1) is 8.33. The van der Waals surface area contributed by atoms with E-state index in [1.54, 1.807) is 0 Å². The molecule has 4 heteroatoms. The Morgan fingerprint density at radius 3 is 3.12 bits per heavy atom. The third kappa shape index (κ3) is 2.49. The van der Waals surface area contributed by atoms with Crippen molar-refractivity contribution in [2.45, 2.75) is 25.7 Å². The lowest BCUT2D eigenvalue weighted by Crippen LogP contribution is -2.42. The van der Waals surface area contributed by atoms with Crippen LogP contribution in [0.4, 0.5) is 0 Å². The normalized spacial score (nSPS) is 28.3. The number of ether oxygens (including phenoxy) is 2. The summed E-state index contributed by atoms with van der Waals surface area (Å²) in [6.07, 6.45) is 2.31. The zero-order valence-corrected chi connectivity index (χ0v) is 11.2. The van der Waals surface area contributed by atoms with Crippen molar-refractivity contribution in [3.05, 3.63) is 28.2 Å². The molecule has 3 nitrogen and oxygen atoms in total. The fourth-order valence-corrected chi connectivity index (χ4v) is 2.86. The summed E-state index contributed by atoms with van der Waals surface area (Å²) >= 11 is 3.46. The Bertz CT molecular complexity index is 404. The third-order valence-corrected chi connectivity index (χ3v) is 3.88. The van der Waals surface area contributed by atoms with Gasteiger partial charge in [-0.25, -0.2) is 0 Å². The van der Waals surface area contributed by atoms with E-state index in [4.69, 9.17) is 9.47 Å². The maximum absolute atomic E-state index is 5.94. The van der Waals surface area contributed by atoms with E-state index in [9.17, 15) is 0 Å². The van der Waals surface area contributed by atoms with E-state index in [0.29, 0.717) is 12.5 Å². The number of hydrogen-bond donors (Lipinski definition) is 1. The number of benzene rings is 1. The van der Waals surface area contributed by atoms with Crippen molar-refractivity contribution in [3.8, 4) is 5.75 Å². The van der Waals surface area contributed by atoms with Gasteiger partial charge in [-0.3, -0.25) is 0 Å². The Morgan fingerprint density at radius 1 is 1.35 bits per heavy atom. The quantitative estimate of drug-likeness (QED) is 0.864. The monoisotopic (exact) mass is 297 g/mol. The van der Waals surface area contributed by atoms with Gasteiger partial charge in [0, 0.05) is 22.5 Å². The lowest BCUT2D eigenvalue weighted by atomic mass is 9.98. The highest BCUT2D eigenvalue weighted by atomic mass is 79.9. The molecular weight excluding hydrogens is 282 g/mol. The molecule has 2 aliphatic heterocycles. The number of rotatable bonds is 1. The van der Waals surface area contributed by atoms with E-state index in [1.807, 2.05) is 12.1 Å². The molecule has 17 heavy (non-hydrogen) atoms. The van der Waals surface area contributed by atoms with Crippen LogP contribution in [0.2, 0.25) is 0 Å². The van der Waals surface area contributed by atoms with Gasteiger partial charge in [0.25, 0.3) is 0 Å². The van der Waals surface area contributed by atoms with Crippen LogP contribution in [-0.2, 0) is 11.3 Å². The molecule has 3 rings (SSSR count). The molecule has 0 aromatic heterocycles. The van der Waals surface area contributed by atoms with E-state index < -0.39 is 0 Å². The minimum atomic E-state index is -0.0866.